The summed E-state index contributed by atoms with van der Waals surface area (Å²) in [5.74, 6) is -0.0478. The van der Waals surface area contributed by atoms with Gasteiger partial charge in [0.05, 0.1) is 11.9 Å². The van der Waals surface area contributed by atoms with E-state index in [1.807, 2.05) is 26.8 Å². The molecule has 0 bridgehead atoms. The lowest BCUT2D eigenvalue weighted by atomic mass is 10.1. The molecule has 1 rings (SSSR count). The first-order valence-corrected chi connectivity index (χ1v) is 6.47. The summed E-state index contributed by atoms with van der Waals surface area (Å²) in [6.45, 7) is 7.42. The molecule has 1 aromatic rings. The van der Waals surface area contributed by atoms with Crippen LogP contribution in [0, 0.1) is 12.8 Å². The van der Waals surface area contributed by atoms with Crippen molar-refractivity contribution in [2.45, 2.75) is 20.8 Å². The molecule has 1 heterocycles. The third kappa shape index (κ3) is 4.44. The maximum absolute atomic E-state index is 11.8. The predicted molar refractivity (Wildman–Crippen MR) is 73.0 cm³/mol. The summed E-state index contributed by atoms with van der Waals surface area (Å²) in [5, 5.41) is 6.01. The number of nitrogens with one attached hydrogen (secondary N) is 2. The molecular weight excluding hydrogens is 282 g/mol. The SMILES string of the molecule is CCNCC(C)C(=O)Nc1cnc(Br)c(C)c1. The van der Waals surface area contributed by atoms with Crippen LogP contribution >= 0.6 is 15.9 Å². The molecule has 1 aromatic heterocycles. The number of hydrogen-bond donors (Lipinski definition) is 2. The third-order valence-electron chi connectivity index (χ3n) is 2.43. The van der Waals surface area contributed by atoms with Gasteiger partial charge in [-0.05, 0) is 41.0 Å². The number of halogens is 1. The number of rotatable bonds is 5. The van der Waals surface area contributed by atoms with Gasteiger partial charge in [0, 0.05) is 12.5 Å². The molecule has 1 unspecified atom stereocenters. The van der Waals surface area contributed by atoms with Gasteiger partial charge in [-0.15, -0.1) is 0 Å². The smallest absolute Gasteiger partial charge is 0.228 e. The maximum atomic E-state index is 11.8. The van der Waals surface area contributed by atoms with Crippen LogP contribution in [-0.2, 0) is 4.79 Å². The lowest BCUT2D eigenvalue weighted by Gasteiger charge is -2.12. The fourth-order valence-electron chi connectivity index (χ4n) is 1.35. The molecule has 0 spiro atoms. The summed E-state index contributed by atoms with van der Waals surface area (Å²) in [6, 6.07) is 1.90. The highest BCUT2D eigenvalue weighted by Gasteiger charge is 2.12. The van der Waals surface area contributed by atoms with E-state index in [9.17, 15) is 4.79 Å². The van der Waals surface area contributed by atoms with Crippen molar-refractivity contribution in [3.05, 3.63) is 22.4 Å². The van der Waals surface area contributed by atoms with Crippen LogP contribution in [0.2, 0.25) is 0 Å². The van der Waals surface area contributed by atoms with Gasteiger partial charge in [0.2, 0.25) is 5.91 Å². The van der Waals surface area contributed by atoms with Crippen molar-refractivity contribution in [2.75, 3.05) is 18.4 Å². The molecule has 2 N–H and O–H groups in total. The van der Waals surface area contributed by atoms with Crippen molar-refractivity contribution in [3.8, 4) is 0 Å². The second-order valence-corrected chi connectivity index (χ2v) is 4.78. The van der Waals surface area contributed by atoms with Crippen molar-refractivity contribution in [3.63, 3.8) is 0 Å². The zero-order chi connectivity index (χ0) is 12.8. The molecule has 0 radical (unpaired) electrons. The van der Waals surface area contributed by atoms with E-state index < -0.39 is 0 Å². The Morgan fingerprint density at radius 1 is 1.59 bits per heavy atom. The second kappa shape index (κ2) is 6.71. The number of aromatic nitrogens is 1. The van der Waals surface area contributed by atoms with E-state index in [4.69, 9.17) is 0 Å². The van der Waals surface area contributed by atoms with Crippen LogP contribution in [0.5, 0.6) is 0 Å². The Hall–Kier alpha value is -0.940. The van der Waals surface area contributed by atoms with Gasteiger partial charge in [0.15, 0.2) is 0 Å². The topological polar surface area (TPSA) is 54.0 Å². The minimum absolute atomic E-state index is 0.00877. The molecule has 0 aliphatic heterocycles. The molecular formula is C12H18BrN3O. The summed E-state index contributed by atoms with van der Waals surface area (Å²) < 4.78 is 0.802. The Kier molecular flexibility index (Phi) is 5.58. The molecule has 1 amide bonds. The van der Waals surface area contributed by atoms with E-state index >= 15 is 0 Å². The fraction of sp³-hybridized carbons (Fsp3) is 0.500. The minimum atomic E-state index is -0.0566. The monoisotopic (exact) mass is 299 g/mol. The Labute approximate surface area is 110 Å². The van der Waals surface area contributed by atoms with Gasteiger partial charge in [-0.2, -0.15) is 0 Å². The molecule has 0 aliphatic carbocycles. The molecule has 0 aromatic carbocycles. The third-order valence-corrected chi connectivity index (χ3v) is 3.26. The van der Waals surface area contributed by atoms with Gasteiger partial charge in [-0.25, -0.2) is 4.98 Å². The Balaban J connectivity index is 2.58. The molecule has 5 heteroatoms. The molecule has 0 saturated heterocycles. The first-order valence-electron chi connectivity index (χ1n) is 5.68. The van der Waals surface area contributed by atoms with Crippen LogP contribution in [0.3, 0.4) is 0 Å². The Morgan fingerprint density at radius 3 is 2.88 bits per heavy atom. The van der Waals surface area contributed by atoms with E-state index in [1.54, 1.807) is 6.20 Å². The van der Waals surface area contributed by atoms with Gasteiger partial charge in [-0.3, -0.25) is 4.79 Å². The zero-order valence-electron chi connectivity index (χ0n) is 10.4. The van der Waals surface area contributed by atoms with Gasteiger partial charge in [0.1, 0.15) is 4.60 Å². The van der Waals surface area contributed by atoms with Crippen molar-refractivity contribution in [1.82, 2.24) is 10.3 Å². The first kappa shape index (κ1) is 14.1. The zero-order valence-corrected chi connectivity index (χ0v) is 12.0. The summed E-state index contributed by atoms with van der Waals surface area (Å²) in [4.78, 5) is 16.0. The molecule has 17 heavy (non-hydrogen) atoms. The highest BCUT2D eigenvalue weighted by atomic mass is 79.9. The molecule has 0 fully saturated rings. The van der Waals surface area contributed by atoms with E-state index in [0.29, 0.717) is 6.54 Å². The molecule has 0 saturated carbocycles. The molecule has 1 atom stereocenters. The number of carbonyl (C=O) groups excluding carboxylic acids is 1. The Bertz CT molecular complexity index is 395. The number of carbonyl (C=O) groups is 1. The van der Waals surface area contributed by atoms with Crippen LogP contribution in [-0.4, -0.2) is 24.0 Å². The average molecular weight is 300 g/mol. The molecule has 4 nitrogen and oxygen atoms in total. The molecule has 94 valence electrons. The number of amides is 1. The van der Waals surface area contributed by atoms with Gasteiger partial charge in [-0.1, -0.05) is 13.8 Å². The number of aryl methyl sites for hydroxylation is 1. The first-order chi connectivity index (χ1) is 8.04. The number of pyridine rings is 1. The summed E-state index contributed by atoms with van der Waals surface area (Å²) in [6.07, 6.45) is 1.65. The van der Waals surface area contributed by atoms with Gasteiger partial charge < -0.3 is 10.6 Å². The summed E-state index contributed by atoms with van der Waals surface area (Å²) in [7, 11) is 0. The van der Waals surface area contributed by atoms with Crippen molar-refractivity contribution in [2.24, 2.45) is 5.92 Å². The lowest BCUT2D eigenvalue weighted by Crippen LogP contribution is -2.30. The summed E-state index contributed by atoms with van der Waals surface area (Å²) >= 11 is 3.32. The second-order valence-electron chi connectivity index (χ2n) is 4.03. The number of hydrogen-bond acceptors (Lipinski definition) is 3. The minimum Gasteiger partial charge on any atom is -0.324 e. The highest BCUT2D eigenvalue weighted by Crippen LogP contribution is 2.17. The maximum Gasteiger partial charge on any atom is 0.228 e. The number of nitrogens with zero attached hydrogens (tertiary/aromatic N) is 1. The standard InChI is InChI=1S/C12H18BrN3O/c1-4-14-6-9(3)12(17)16-10-5-8(2)11(13)15-7-10/h5,7,9,14H,4,6H2,1-3H3,(H,16,17). The average Bonchev–Trinajstić information content (AvgIpc) is 2.30. The normalized spacial score (nSPS) is 12.2. The molecule has 0 aliphatic rings. The lowest BCUT2D eigenvalue weighted by molar-refractivity contribution is -0.119. The van der Waals surface area contributed by atoms with E-state index in [-0.39, 0.29) is 11.8 Å². The van der Waals surface area contributed by atoms with Gasteiger partial charge in [0.25, 0.3) is 0 Å². The predicted octanol–water partition coefficient (Wildman–Crippen LogP) is 2.34. The van der Waals surface area contributed by atoms with Crippen molar-refractivity contribution in [1.29, 1.82) is 0 Å². The van der Waals surface area contributed by atoms with Gasteiger partial charge >= 0.3 is 0 Å². The quantitative estimate of drug-likeness (QED) is 0.821. The van der Waals surface area contributed by atoms with E-state index in [0.717, 1.165) is 22.4 Å². The van der Waals surface area contributed by atoms with Crippen LogP contribution in [0.25, 0.3) is 0 Å². The number of anilines is 1. The van der Waals surface area contributed by atoms with Crippen molar-refractivity contribution < 1.29 is 4.79 Å². The van der Waals surface area contributed by atoms with Crippen LogP contribution in [0.15, 0.2) is 16.9 Å². The summed E-state index contributed by atoms with van der Waals surface area (Å²) in [5.41, 5.74) is 1.74. The van der Waals surface area contributed by atoms with Crippen molar-refractivity contribution >= 4 is 27.5 Å². The largest absolute Gasteiger partial charge is 0.324 e. The van der Waals surface area contributed by atoms with E-state index in [2.05, 4.69) is 31.5 Å². The van der Waals surface area contributed by atoms with Crippen LogP contribution in [0.4, 0.5) is 5.69 Å². The highest BCUT2D eigenvalue weighted by molar-refractivity contribution is 9.10. The van der Waals surface area contributed by atoms with Crippen LogP contribution < -0.4 is 10.6 Å². The van der Waals surface area contributed by atoms with Crippen LogP contribution in [0.1, 0.15) is 19.4 Å². The Morgan fingerprint density at radius 2 is 2.29 bits per heavy atom. The fourth-order valence-corrected chi connectivity index (χ4v) is 1.56. The van der Waals surface area contributed by atoms with E-state index in [1.165, 1.54) is 0 Å².